The number of hydrogen-bond donors (Lipinski definition) is 1. The second kappa shape index (κ2) is 6.88. The van der Waals surface area contributed by atoms with E-state index in [4.69, 9.17) is 5.73 Å². The van der Waals surface area contributed by atoms with Gasteiger partial charge in [0.05, 0.1) is 0 Å². The molecule has 1 aliphatic rings. The van der Waals surface area contributed by atoms with Gasteiger partial charge in [-0.3, -0.25) is 4.90 Å². The SMILES string of the molecule is CCCc1c(N)ncnc1N1CCN(C(C)CC)CC1. The monoisotopic (exact) mass is 277 g/mol. The van der Waals surface area contributed by atoms with Gasteiger partial charge in [-0.2, -0.15) is 0 Å². The highest BCUT2D eigenvalue weighted by atomic mass is 15.3. The van der Waals surface area contributed by atoms with Gasteiger partial charge in [0.15, 0.2) is 0 Å². The zero-order chi connectivity index (χ0) is 14.5. The molecule has 1 aromatic heterocycles. The molecule has 0 saturated carbocycles. The Bertz CT molecular complexity index is 426. The largest absolute Gasteiger partial charge is 0.383 e. The van der Waals surface area contributed by atoms with Crippen molar-refractivity contribution in [1.82, 2.24) is 14.9 Å². The van der Waals surface area contributed by atoms with E-state index in [0.29, 0.717) is 11.9 Å². The summed E-state index contributed by atoms with van der Waals surface area (Å²) in [4.78, 5) is 13.5. The fourth-order valence-electron chi connectivity index (χ4n) is 2.81. The Morgan fingerprint density at radius 2 is 1.90 bits per heavy atom. The minimum Gasteiger partial charge on any atom is -0.383 e. The van der Waals surface area contributed by atoms with Crippen LogP contribution in [0.4, 0.5) is 11.6 Å². The van der Waals surface area contributed by atoms with E-state index in [-0.39, 0.29) is 0 Å². The minimum absolute atomic E-state index is 0.640. The molecule has 1 unspecified atom stereocenters. The van der Waals surface area contributed by atoms with Crippen LogP contribution in [0.1, 0.15) is 39.2 Å². The molecule has 1 atom stereocenters. The summed E-state index contributed by atoms with van der Waals surface area (Å²) in [5.41, 5.74) is 7.14. The predicted molar refractivity (Wildman–Crippen MR) is 84.0 cm³/mol. The first-order chi connectivity index (χ1) is 9.67. The number of anilines is 2. The molecule has 2 rings (SSSR count). The summed E-state index contributed by atoms with van der Waals surface area (Å²) in [5, 5.41) is 0. The summed E-state index contributed by atoms with van der Waals surface area (Å²) >= 11 is 0. The quantitative estimate of drug-likeness (QED) is 0.891. The summed E-state index contributed by atoms with van der Waals surface area (Å²) in [7, 11) is 0. The summed E-state index contributed by atoms with van der Waals surface area (Å²) in [6.07, 6.45) is 4.82. The molecule has 0 radical (unpaired) electrons. The Labute approximate surface area is 122 Å². The number of nitrogens with zero attached hydrogens (tertiary/aromatic N) is 4. The smallest absolute Gasteiger partial charge is 0.137 e. The highest BCUT2D eigenvalue weighted by Crippen LogP contribution is 2.24. The van der Waals surface area contributed by atoms with Crippen LogP contribution in [-0.4, -0.2) is 47.1 Å². The third-order valence-electron chi connectivity index (χ3n) is 4.28. The van der Waals surface area contributed by atoms with E-state index in [1.54, 1.807) is 6.33 Å². The molecule has 1 fully saturated rings. The van der Waals surface area contributed by atoms with E-state index < -0.39 is 0 Å². The van der Waals surface area contributed by atoms with Crippen molar-refractivity contribution in [2.75, 3.05) is 36.8 Å². The number of piperazine rings is 1. The summed E-state index contributed by atoms with van der Waals surface area (Å²) in [6.45, 7) is 11.0. The average molecular weight is 277 g/mol. The van der Waals surface area contributed by atoms with Crippen LogP contribution in [-0.2, 0) is 6.42 Å². The highest BCUT2D eigenvalue weighted by Gasteiger charge is 2.23. The van der Waals surface area contributed by atoms with Crippen molar-refractivity contribution in [3.63, 3.8) is 0 Å². The summed E-state index contributed by atoms with van der Waals surface area (Å²) in [6, 6.07) is 0.669. The van der Waals surface area contributed by atoms with E-state index in [1.165, 1.54) is 6.42 Å². The Morgan fingerprint density at radius 1 is 1.20 bits per heavy atom. The van der Waals surface area contributed by atoms with Crippen LogP contribution in [0.25, 0.3) is 0 Å². The molecule has 0 bridgehead atoms. The van der Waals surface area contributed by atoms with E-state index in [2.05, 4.69) is 40.5 Å². The van der Waals surface area contributed by atoms with Gasteiger partial charge in [-0.25, -0.2) is 9.97 Å². The summed E-state index contributed by atoms with van der Waals surface area (Å²) in [5.74, 6) is 1.68. The molecular weight excluding hydrogens is 250 g/mol. The molecule has 112 valence electrons. The molecule has 20 heavy (non-hydrogen) atoms. The zero-order valence-corrected chi connectivity index (χ0v) is 13.0. The first-order valence-electron chi connectivity index (χ1n) is 7.75. The first-order valence-corrected chi connectivity index (χ1v) is 7.75. The fraction of sp³-hybridized carbons (Fsp3) is 0.733. The van der Waals surface area contributed by atoms with Gasteiger partial charge in [-0.1, -0.05) is 20.3 Å². The second-order valence-electron chi connectivity index (χ2n) is 5.59. The van der Waals surface area contributed by atoms with Crippen LogP contribution in [0.5, 0.6) is 0 Å². The topological polar surface area (TPSA) is 58.3 Å². The van der Waals surface area contributed by atoms with Crippen LogP contribution < -0.4 is 10.6 Å². The molecule has 2 N–H and O–H groups in total. The lowest BCUT2D eigenvalue weighted by Crippen LogP contribution is -2.50. The molecule has 1 aliphatic heterocycles. The van der Waals surface area contributed by atoms with Crippen molar-refractivity contribution in [2.45, 2.75) is 46.1 Å². The minimum atomic E-state index is 0.640. The normalized spacial score (nSPS) is 18.2. The van der Waals surface area contributed by atoms with E-state index in [0.717, 1.165) is 50.4 Å². The van der Waals surface area contributed by atoms with Crippen molar-refractivity contribution in [3.05, 3.63) is 11.9 Å². The van der Waals surface area contributed by atoms with Gasteiger partial charge in [0.1, 0.15) is 18.0 Å². The van der Waals surface area contributed by atoms with Gasteiger partial charge in [-0.15, -0.1) is 0 Å². The Hall–Kier alpha value is -1.36. The Balaban J connectivity index is 2.09. The zero-order valence-electron chi connectivity index (χ0n) is 13.0. The van der Waals surface area contributed by atoms with E-state index in [9.17, 15) is 0 Å². The van der Waals surface area contributed by atoms with E-state index in [1.807, 2.05) is 0 Å². The molecule has 5 heteroatoms. The van der Waals surface area contributed by atoms with Crippen LogP contribution in [0.3, 0.4) is 0 Å². The van der Waals surface area contributed by atoms with Crippen LogP contribution >= 0.6 is 0 Å². The maximum absolute atomic E-state index is 6.02. The number of nitrogens with two attached hydrogens (primary N) is 1. The number of nitrogen functional groups attached to an aromatic ring is 1. The number of aromatic nitrogens is 2. The first kappa shape index (κ1) is 15.0. The van der Waals surface area contributed by atoms with Crippen molar-refractivity contribution in [2.24, 2.45) is 0 Å². The van der Waals surface area contributed by atoms with E-state index >= 15 is 0 Å². The van der Waals surface area contributed by atoms with Crippen molar-refractivity contribution in [1.29, 1.82) is 0 Å². The number of rotatable bonds is 5. The third kappa shape index (κ3) is 3.20. The number of hydrogen-bond acceptors (Lipinski definition) is 5. The van der Waals surface area contributed by atoms with Crippen LogP contribution in [0.2, 0.25) is 0 Å². The second-order valence-corrected chi connectivity index (χ2v) is 5.59. The van der Waals surface area contributed by atoms with Gasteiger partial charge < -0.3 is 10.6 Å². The van der Waals surface area contributed by atoms with Crippen molar-refractivity contribution < 1.29 is 0 Å². The van der Waals surface area contributed by atoms with Gasteiger partial charge in [0, 0.05) is 37.8 Å². The van der Waals surface area contributed by atoms with Crippen LogP contribution in [0, 0.1) is 0 Å². The fourth-order valence-corrected chi connectivity index (χ4v) is 2.81. The standard InChI is InChI=1S/C15H27N5/c1-4-6-13-14(16)17-11-18-15(13)20-9-7-19(8-10-20)12(3)5-2/h11-12H,4-10H2,1-3H3,(H2,16,17,18). The lowest BCUT2D eigenvalue weighted by molar-refractivity contribution is 0.192. The summed E-state index contributed by atoms with van der Waals surface area (Å²) < 4.78 is 0. The Kier molecular flexibility index (Phi) is 5.17. The highest BCUT2D eigenvalue weighted by molar-refractivity contribution is 5.56. The van der Waals surface area contributed by atoms with Gasteiger partial charge >= 0.3 is 0 Å². The van der Waals surface area contributed by atoms with Crippen molar-refractivity contribution in [3.8, 4) is 0 Å². The molecule has 0 aromatic carbocycles. The maximum Gasteiger partial charge on any atom is 0.137 e. The average Bonchev–Trinajstić information content (AvgIpc) is 2.49. The molecule has 0 aliphatic carbocycles. The Morgan fingerprint density at radius 3 is 2.50 bits per heavy atom. The lowest BCUT2D eigenvalue weighted by Gasteiger charge is -2.39. The molecule has 2 heterocycles. The van der Waals surface area contributed by atoms with Gasteiger partial charge in [0.2, 0.25) is 0 Å². The van der Waals surface area contributed by atoms with Gasteiger partial charge in [-0.05, 0) is 19.8 Å². The molecule has 0 spiro atoms. The molecule has 0 amide bonds. The molecular formula is C15H27N5. The van der Waals surface area contributed by atoms with Crippen molar-refractivity contribution >= 4 is 11.6 Å². The third-order valence-corrected chi connectivity index (χ3v) is 4.28. The van der Waals surface area contributed by atoms with Gasteiger partial charge in [0.25, 0.3) is 0 Å². The predicted octanol–water partition coefficient (Wildman–Crippen LogP) is 1.93. The molecule has 1 aromatic rings. The van der Waals surface area contributed by atoms with Crippen LogP contribution in [0.15, 0.2) is 6.33 Å². The molecule has 5 nitrogen and oxygen atoms in total. The lowest BCUT2D eigenvalue weighted by atomic mass is 10.1. The maximum atomic E-state index is 6.02. The molecule has 1 saturated heterocycles.